The van der Waals surface area contributed by atoms with E-state index < -0.39 is 23.6 Å². The fraction of sp³-hybridized carbons (Fsp3) is 0.158. The quantitative estimate of drug-likeness (QED) is 0.287. The number of hydrogen-bond donors (Lipinski definition) is 2. The highest BCUT2D eigenvalue weighted by Crippen LogP contribution is 2.34. The molecule has 3 rings (SSSR count). The predicted octanol–water partition coefficient (Wildman–Crippen LogP) is 5.61. The van der Waals surface area contributed by atoms with Crippen LogP contribution in [0.1, 0.15) is 5.56 Å². The number of benzene rings is 2. The number of thioether (sulfide) groups is 1. The molecule has 0 aliphatic rings. The van der Waals surface area contributed by atoms with E-state index in [1.165, 1.54) is 0 Å². The van der Waals surface area contributed by atoms with Crippen LogP contribution in [0.3, 0.4) is 0 Å². The molecule has 0 atom stereocenters. The van der Waals surface area contributed by atoms with Crippen molar-refractivity contribution in [2.75, 3.05) is 23.0 Å². The molecule has 0 bridgehead atoms. The van der Waals surface area contributed by atoms with E-state index in [0.29, 0.717) is 15.1 Å². The maximum absolute atomic E-state index is 12.8. The molecule has 3 aromatic rings. The lowest BCUT2D eigenvalue weighted by Crippen LogP contribution is -2.20. The number of nitrogens with one attached hydrogen (secondary N) is 2. The van der Waals surface area contributed by atoms with Crippen LogP contribution in [0, 0.1) is 0 Å². The molecular weight excluding hydrogens is 524 g/mol. The summed E-state index contributed by atoms with van der Waals surface area (Å²) in [4.78, 5) is 24.1. The molecule has 2 aromatic carbocycles. The molecular formula is C19H13Cl2F3N4O3S2. The van der Waals surface area contributed by atoms with E-state index in [-0.39, 0.29) is 28.2 Å². The summed E-state index contributed by atoms with van der Waals surface area (Å²) in [6.45, 7) is -0.260. The fourth-order valence-corrected chi connectivity index (χ4v) is 4.12. The van der Waals surface area contributed by atoms with E-state index in [2.05, 4.69) is 20.8 Å². The zero-order valence-electron chi connectivity index (χ0n) is 16.3. The number of carbonyl (C=O) groups excluding carboxylic acids is 2. The summed E-state index contributed by atoms with van der Waals surface area (Å²) in [6.07, 6.45) is -4.56. The molecule has 2 amide bonds. The minimum Gasteiger partial charge on any atom is -0.484 e. The first kappa shape index (κ1) is 25.1. The van der Waals surface area contributed by atoms with Gasteiger partial charge in [-0.1, -0.05) is 46.3 Å². The van der Waals surface area contributed by atoms with Crippen LogP contribution in [0.4, 0.5) is 24.0 Å². The number of aromatic nitrogens is 2. The predicted molar refractivity (Wildman–Crippen MR) is 121 cm³/mol. The fourth-order valence-electron chi connectivity index (χ4n) is 2.26. The molecule has 1 aromatic heterocycles. The standard InChI is InChI=1S/C19H13Cl2F3N4O3S2/c20-11-2-4-12(5-3-11)31-8-15(29)26-17-27-28-18(33-17)32-9-16(30)25-14-7-10(19(22,23)24)1-6-13(14)21/h1-7H,8-9H2,(H,25,30)(H,26,27,29). The third kappa shape index (κ3) is 7.77. The first-order valence-corrected chi connectivity index (χ1v) is 11.5. The highest BCUT2D eigenvalue weighted by molar-refractivity contribution is 8.01. The van der Waals surface area contributed by atoms with E-state index in [1.54, 1.807) is 24.3 Å². The van der Waals surface area contributed by atoms with Gasteiger partial charge in [0.25, 0.3) is 5.91 Å². The number of anilines is 2. The van der Waals surface area contributed by atoms with Gasteiger partial charge in [0.15, 0.2) is 10.9 Å². The molecule has 174 valence electrons. The Morgan fingerprint density at radius 1 is 1.03 bits per heavy atom. The number of halogens is 5. The van der Waals surface area contributed by atoms with Crippen LogP contribution in [0.5, 0.6) is 5.75 Å². The Bertz CT molecular complexity index is 1140. The van der Waals surface area contributed by atoms with Crippen LogP contribution in [-0.2, 0) is 15.8 Å². The zero-order chi connectivity index (χ0) is 24.0. The SMILES string of the molecule is O=C(COc1ccc(Cl)cc1)Nc1nnc(SCC(=O)Nc2cc(C(F)(F)F)ccc2Cl)s1. The van der Waals surface area contributed by atoms with E-state index >= 15 is 0 Å². The molecule has 0 unspecified atom stereocenters. The van der Waals surface area contributed by atoms with Gasteiger partial charge in [0.2, 0.25) is 11.0 Å². The molecule has 14 heteroatoms. The summed E-state index contributed by atoms with van der Waals surface area (Å²) < 4.78 is 44.2. The van der Waals surface area contributed by atoms with Crippen LogP contribution in [-0.4, -0.2) is 34.4 Å². The van der Waals surface area contributed by atoms with E-state index in [1.807, 2.05) is 0 Å². The Hall–Kier alpha value is -2.54. The van der Waals surface area contributed by atoms with Crippen LogP contribution < -0.4 is 15.4 Å². The number of carbonyl (C=O) groups is 2. The van der Waals surface area contributed by atoms with Gasteiger partial charge in [-0.05, 0) is 42.5 Å². The lowest BCUT2D eigenvalue weighted by atomic mass is 10.2. The normalized spacial score (nSPS) is 11.2. The van der Waals surface area contributed by atoms with Gasteiger partial charge in [-0.2, -0.15) is 13.2 Å². The second kappa shape index (κ2) is 11.1. The van der Waals surface area contributed by atoms with Crippen LogP contribution in [0.25, 0.3) is 0 Å². The van der Waals surface area contributed by atoms with Crippen molar-refractivity contribution in [1.82, 2.24) is 10.2 Å². The molecule has 1 heterocycles. The maximum Gasteiger partial charge on any atom is 0.416 e. The Morgan fingerprint density at radius 2 is 1.76 bits per heavy atom. The molecule has 7 nitrogen and oxygen atoms in total. The van der Waals surface area contributed by atoms with Gasteiger partial charge in [0.1, 0.15) is 5.75 Å². The average Bonchev–Trinajstić information content (AvgIpc) is 3.20. The Labute approximate surface area is 203 Å². The first-order valence-electron chi connectivity index (χ1n) is 8.91. The van der Waals surface area contributed by atoms with Crippen molar-refractivity contribution in [3.8, 4) is 5.75 Å². The number of nitrogens with zero attached hydrogens (tertiary/aromatic N) is 2. The van der Waals surface area contributed by atoms with Gasteiger partial charge < -0.3 is 10.1 Å². The summed E-state index contributed by atoms with van der Waals surface area (Å²) in [5.74, 6) is -0.739. The third-order valence-corrected chi connectivity index (χ3v) is 6.28. The van der Waals surface area contributed by atoms with E-state index in [9.17, 15) is 22.8 Å². The highest BCUT2D eigenvalue weighted by atomic mass is 35.5. The third-order valence-electron chi connectivity index (χ3n) is 3.73. The Morgan fingerprint density at radius 3 is 2.45 bits per heavy atom. The number of hydrogen-bond acceptors (Lipinski definition) is 7. The summed E-state index contributed by atoms with van der Waals surface area (Å²) in [7, 11) is 0. The zero-order valence-corrected chi connectivity index (χ0v) is 19.4. The first-order chi connectivity index (χ1) is 15.6. The summed E-state index contributed by atoms with van der Waals surface area (Å²) in [6, 6.07) is 9.13. The van der Waals surface area contributed by atoms with Crippen molar-refractivity contribution in [1.29, 1.82) is 0 Å². The van der Waals surface area contributed by atoms with Crippen molar-refractivity contribution >= 4 is 68.9 Å². The monoisotopic (exact) mass is 536 g/mol. The Kier molecular flexibility index (Phi) is 8.40. The van der Waals surface area contributed by atoms with Crippen molar-refractivity contribution < 1.29 is 27.5 Å². The van der Waals surface area contributed by atoms with E-state index in [0.717, 1.165) is 41.3 Å². The average molecular weight is 537 g/mol. The molecule has 0 saturated heterocycles. The molecule has 0 spiro atoms. The topological polar surface area (TPSA) is 93.2 Å². The lowest BCUT2D eigenvalue weighted by Gasteiger charge is -2.11. The summed E-state index contributed by atoms with van der Waals surface area (Å²) >= 11 is 13.7. The largest absolute Gasteiger partial charge is 0.484 e. The minimum atomic E-state index is -4.56. The van der Waals surface area contributed by atoms with Gasteiger partial charge >= 0.3 is 6.18 Å². The second-order valence-corrected chi connectivity index (χ2v) is 9.24. The van der Waals surface area contributed by atoms with Crippen molar-refractivity contribution in [2.45, 2.75) is 10.5 Å². The Balaban J connectivity index is 1.47. The molecule has 0 radical (unpaired) electrons. The van der Waals surface area contributed by atoms with E-state index in [4.69, 9.17) is 27.9 Å². The van der Waals surface area contributed by atoms with Crippen molar-refractivity contribution in [2.24, 2.45) is 0 Å². The highest BCUT2D eigenvalue weighted by Gasteiger charge is 2.31. The smallest absolute Gasteiger partial charge is 0.416 e. The van der Waals surface area contributed by atoms with Gasteiger partial charge in [0.05, 0.1) is 22.0 Å². The second-order valence-electron chi connectivity index (χ2n) is 6.19. The minimum absolute atomic E-state index is 0.0249. The molecule has 0 aliphatic heterocycles. The van der Waals surface area contributed by atoms with Crippen molar-refractivity contribution in [3.05, 3.63) is 58.1 Å². The maximum atomic E-state index is 12.8. The summed E-state index contributed by atoms with van der Waals surface area (Å²) in [5, 5.41) is 13.2. The van der Waals surface area contributed by atoms with Gasteiger partial charge in [-0.3, -0.25) is 14.9 Å². The lowest BCUT2D eigenvalue weighted by molar-refractivity contribution is -0.137. The van der Waals surface area contributed by atoms with Gasteiger partial charge in [0, 0.05) is 5.02 Å². The van der Waals surface area contributed by atoms with Crippen LogP contribution >= 0.6 is 46.3 Å². The number of ether oxygens (including phenoxy) is 1. The molecule has 0 saturated carbocycles. The van der Waals surface area contributed by atoms with Crippen molar-refractivity contribution in [3.63, 3.8) is 0 Å². The number of rotatable bonds is 8. The van der Waals surface area contributed by atoms with Crippen LogP contribution in [0.2, 0.25) is 10.0 Å². The van der Waals surface area contributed by atoms with Crippen LogP contribution in [0.15, 0.2) is 46.8 Å². The molecule has 33 heavy (non-hydrogen) atoms. The molecule has 2 N–H and O–H groups in total. The van der Waals surface area contributed by atoms with Gasteiger partial charge in [-0.15, -0.1) is 10.2 Å². The molecule has 0 fully saturated rings. The number of amides is 2. The molecule has 0 aliphatic carbocycles. The summed E-state index contributed by atoms with van der Waals surface area (Å²) in [5.41, 5.74) is -1.08. The number of alkyl halides is 3. The van der Waals surface area contributed by atoms with Gasteiger partial charge in [-0.25, -0.2) is 0 Å².